The summed E-state index contributed by atoms with van der Waals surface area (Å²) in [6.07, 6.45) is 2.46. The van der Waals surface area contributed by atoms with Crippen LogP contribution in [-0.4, -0.2) is 30.6 Å². The fourth-order valence-corrected chi connectivity index (χ4v) is 3.40. The van der Waals surface area contributed by atoms with Crippen molar-refractivity contribution >= 4 is 5.69 Å². The lowest BCUT2D eigenvalue weighted by Crippen LogP contribution is -2.49. The molecule has 2 fully saturated rings. The molecule has 1 unspecified atom stereocenters. The summed E-state index contributed by atoms with van der Waals surface area (Å²) in [4.78, 5) is 5.05. The van der Waals surface area contributed by atoms with Gasteiger partial charge in [-0.15, -0.1) is 0 Å². The van der Waals surface area contributed by atoms with Crippen LogP contribution >= 0.6 is 0 Å². The molecule has 0 radical (unpaired) electrons. The van der Waals surface area contributed by atoms with Crippen LogP contribution in [0.1, 0.15) is 39.2 Å². The molecule has 2 nitrogen and oxygen atoms in total. The number of piperazine rings is 1. The third-order valence-corrected chi connectivity index (χ3v) is 4.75. The lowest BCUT2D eigenvalue weighted by molar-refractivity contribution is 0.266. The molecule has 0 aliphatic carbocycles. The molecular formula is C18H26N2. The molecule has 2 saturated heterocycles. The number of anilines is 1. The van der Waals surface area contributed by atoms with Crippen molar-refractivity contribution in [2.75, 3.05) is 24.5 Å². The lowest BCUT2D eigenvalue weighted by Gasteiger charge is -2.40. The van der Waals surface area contributed by atoms with Gasteiger partial charge in [0, 0.05) is 37.1 Å². The molecule has 2 heteroatoms. The van der Waals surface area contributed by atoms with Crippen LogP contribution < -0.4 is 4.90 Å². The van der Waals surface area contributed by atoms with Gasteiger partial charge in [-0.05, 0) is 36.0 Å². The molecule has 1 aromatic rings. The number of fused-ring (bicyclic) bond motifs is 1. The van der Waals surface area contributed by atoms with Crippen molar-refractivity contribution < 1.29 is 0 Å². The minimum Gasteiger partial charge on any atom is -0.369 e. The SMILES string of the molecule is C=C1CCC2CN(c3ccc(C(C)(C)C)cc3)CCN12. The van der Waals surface area contributed by atoms with Crippen molar-refractivity contribution in [3.05, 3.63) is 42.1 Å². The van der Waals surface area contributed by atoms with Gasteiger partial charge in [0.05, 0.1) is 0 Å². The van der Waals surface area contributed by atoms with E-state index in [-0.39, 0.29) is 5.41 Å². The Hall–Kier alpha value is -1.44. The Morgan fingerprint density at radius 2 is 1.80 bits per heavy atom. The van der Waals surface area contributed by atoms with E-state index < -0.39 is 0 Å². The standard InChI is InChI=1S/C18H26N2/c1-14-5-8-17-13-19(11-12-20(14)17)16-9-6-15(7-10-16)18(2,3)4/h6-7,9-10,17H,1,5,8,11-13H2,2-4H3. The number of hydrogen-bond acceptors (Lipinski definition) is 2. The second-order valence-corrected chi connectivity index (χ2v) is 7.20. The summed E-state index contributed by atoms with van der Waals surface area (Å²) in [6, 6.07) is 9.84. The van der Waals surface area contributed by atoms with Crippen LogP contribution in [0.25, 0.3) is 0 Å². The summed E-state index contributed by atoms with van der Waals surface area (Å²) in [5, 5.41) is 0. The second-order valence-electron chi connectivity index (χ2n) is 7.20. The first kappa shape index (κ1) is 13.5. The topological polar surface area (TPSA) is 6.48 Å². The predicted molar refractivity (Wildman–Crippen MR) is 86.2 cm³/mol. The Balaban J connectivity index is 1.73. The van der Waals surface area contributed by atoms with Gasteiger partial charge in [0.15, 0.2) is 0 Å². The predicted octanol–water partition coefficient (Wildman–Crippen LogP) is 3.78. The van der Waals surface area contributed by atoms with Crippen molar-refractivity contribution in [1.29, 1.82) is 0 Å². The summed E-state index contributed by atoms with van der Waals surface area (Å²) in [5.74, 6) is 0. The normalized spacial score (nSPS) is 23.1. The van der Waals surface area contributed by atoms with E-state index in [2.05, 4.69) is 61.4 Å². The van der Waals surface area contributed by atoms with E-state index in [0.29, 0.717) is 6.04 Å². The van der Waals surface area contributed by atoms with Crippen molar-refractivity contribution in [2.45, 2.75) is 45.1 Å². The number of nitrogens with zero attached hydrogens (tertiary/aromatic N) is 2. The van der Waals surface area contributed by atoms with Crippen LogP contribution in [0.15, 0.2) is 36.5 Å². The third kappa shape index (κ3) is 2.44. The average Bonchev–Trinajstić information content (AvgIpc) is 2.79. The maximum absolute atomic E-state index is 4.18. The molecule has 2 heterocycles. The Bertz CT molecular complexity index is 495. The molecule has 0 spiro atoms. The molecule has 2 aliphatic rings. The molecule has 2 aliphatic heterocycles. The van der Waals surface area contributed by atoms with E-state index in [1.165, 1.54) is 29.8 Å². The summed E-state index contributed by atoms with van der Waals surface area (Å²) >= 11 is 0. The zero-order chi connectivity index (χ0) is 14.3. The van der Waals surface area contributed by atoms with Crippen molar-refractivity contribution in [3.8, 4) is 0 Å². The van der Waals surface area contributed by atoms with Gasteiger partial charge >= 0.3 is 0 Å². The van der Waals surface area contributed by atoms with E-state index in [9.17, 15) is 0 Å². The molecule has 0 amide bonds. The summed E-state index contributed by atoms with van der Waals surface area (Å²) in [6.45, 7) is 14.4. The van der Waals surface area contributed by atoms with Gasteiger partial charge < -0.3 is 9.80 Å². The third-order valence-electron chi connectivity index (χ3n) is 4.75. The molecular weight excluding hydrogens is 244 g/mol. The van der Waals surface area contributed by atoms with Crippen molar-refractivity contribution in [2.24, 2.45) is 0 Å². The number of allylic oxidation sites excluding steroid dienone is 1. The van der Waals surface area contributed by atoms with E-state index in [0.717, 1.165) is 19.6 Å². The highest BCUT2D eigenvalue weighted by Crippen LogP contribution is 2.31. The van der Waals surface area contributed by atoms with Crippen LogP contribution in [0.4, 0.5) is 5.69 Å². The molecule has 108 valence electrons. The number of rotatable bonds is 1. The maximum atomic E-state index is 4.18. The largest absolute Gasteiger partial charge is 0.369 e. The Kier molecular flexibility index (Phi) is 3.27. The zero-order valence-corrected chi connectivity index (χ0v) is 13.0. The summed E-state index contributed by atoms with van der Waals surface area (Å²) in [5.41, 5.74) is 4.36. The van der Waals surface area contributed by atoms with Crippen LogP contribution in [-0.2, 0) is 5.41 Å². The van der Waals surface area contributed by atoms with E-state index in [1.807, 2.05) is 0 Å². The maximum Gasteiger partial charge on any atom is 0.0466 e. The monoisotopic (exact) mass is 270 g/mol. The van der Waals surface area contributed by atoms with E-state index in [1.54, 1.807) is 0 Å². The molecule has 0 aromatic heterocycles. The van der Waals surface area contributed by atoms with Crippen LogP contribution in [0.5, 0.6) is 0 Å². The van der Waals surface area contributed by atoms with Gasteiger partial charge in [-0.2, -0.15) is 0 Å². The molecule has 0 N–H and O–H groups in total. The summed E-state index contributed by atoms with van der Waals surface area (Å²) in [7, 11) is 0. The minimum absolute atomic E-state index is 0.237. The number of hydrogen-bond donors (Lipinski definition) is 0. The first-order valence-corrected chi connectivity index (χ1v) is 7.75. The molecule has 0 saturated carbocycles. The zero-order valence-electron chi connectivity index (χ0n) is 13.0. The molecule has 1 atom stereocenters. The van der Waals surface area contributed by atoms with Gasteiger partial charge in [0.1, 0.15) is 0 Å². The molecule has 1 aromatic carbocycles. The molecule has 3 rings (SSSR count). The summed E-state index contributed by atoms with van der Waals surface area (Å²) < 4.78 is 0. The first-order chi connectivity index (χ1) is 9.45. The minimum atomic E-state index is 0.237. The van der Waals surface area contributed by atoms with Gasteiger partial charge in [-0.3, -0.25) is 0 Å². The van der Waals surface area contributed by atoms with Gasteiger partial charge in [-0.1, -0.05) is 39.5 Å². The lowest BCUT2D eigenvalue weighted by atomic mass is 9.87. The molecule has 20 heavy (non-hydrogen) atoms. The Labute approximate surface area is 123 Å². The first-order valence-electron chi connectivity index (χ1n) is 7.75. The smallest absolute Gasteiger partial charge is 0.0466 e. The highest BCUT2D eigenvalue weighted by Gasteiger charge is 2.32. The van der Waals surface area contributed by atoms with Crippen molar-refractivity contribution in [3.63, 3.8) is 0 Å². The quantitative estimate of drug-likeness (QED) is 0.766. The van der Waals surface area contributed by atoms with Crippen LogP contribution in [0, 0.1) is 0 Å². The Morgan fingerprint density at radius 3 is 2.45 bits per heavy atom. The van der Waals surface area contributed by atoms with Gasteiger partial charge in [-0.25, -0.2) is 0 Å². The highest BCUT2D eigenvalue weighted by atomic mass is 15.3. The molecule has 0 bridgehead atoms. The Morgan fingerprint density at radius 1 is 1.10 bits per heavy atom. The van der Waals surface area contributed by atoms with E-state index in [4.69, 9.17) is 0 Å². The van der Waals surface area contributed by atoms with Crippen molar-refractivity contribution in [1.82, 2.24) is 4.90 Å². The second kappa shape index (κ2) is 4.83. The van der Waals surface area contributed by atoms with Gasteiger partial charge in [0.2, 0.25) is 0 Å². The number of benzene rings is 1. The fraction of sp³-hybridized carbons (Fsp3) is 0.556. The highest BCUT2D eigenvalue weighted by molar-refractivity contribution is 5.49. The van der Waals surface area contributed by atoms with Crippen LogP contribution in [0.2, 0.25) is 0 Å². The van der Waals surface area contributed by atoms with E-state index >= 15 is 0 Å². The average molecular weight is 270 g/mol. The van der Waals surface area contributed by atoms with Gasteiger partial charge in [0.25, 0.3) is 0 Å². The van der Waals surface area contributed by atoms with Crippen LogP contribution in [0.3, 0.4) is 0 Å². The fourth-order valence-electron chi connectivity index (χ4n) is 3.40.